The molecule has 5 rings (SSSR count). The Morgan fingerprint density at radius 3 is 2.56 bits per heavy atom. The summed E-state index contributed by atoms with van der Waals surface area (Å²) in [5.74, 6) is -3.65. The van der Waals surface area contributed by atoms with Gasteiger partial charge in [0.25, 0.3) is 0 Å². The van der Waals surface area contributed by atoms with Gasteiger partial charge in [-0.15, -0.1) is 0 Å². The van der Waals surface area contributed by atoms with Crippen LogP contribution in [0.25, 0.3) is 0 Å². The van der Waals surface area contributed by atoms with E-state index in [9.17, 15) is 18.0 Å². The van der Waals surface area contributed by atoms with Crippen molar-refractivity contribution >= 4 is 56.7 Å². The van der Waals surface area contributed by atoms with Gasteiger partial charge in [0.05, 0.1) is 11.3 Å². The molecule has 0 fully saturated rings. The van der Waals surface area contributed by atoms with Crippen LogP contribution in [0.3, 0.4) is 0 Å². The number of nitrogens with zero attached hydrogens (tertiary/aromatic N) is 3. The molecule has 1 unspecified atom stereocenters. The molecule has 1 aromatic heterocycles. The lowest BCUT2D eigenvalue weighted by molar-refractivity contribution is -0.119. The number of nitrogens with two attached hydrogens (primary N) is 1. The number of benzene rings is 3. The van der Waals surface area contributed by atoms with Gasteiger partial charge >= 0.3 is 0 Å². The van der Waals surface area contributed by atoms with Crippen molar-refractivity contribution in [2.24, 2.45) is 5.10 Å². The van der Waals surface area contributed by atoms with E-state index in [0.29, 0.717) is 32.3 Å². The Labute approximate surface area is 234 Å². The van der Waals surface area contributed by atoms with Gasteiger partial charge in [0.1, 0.15) is 22.9 Å². The Morgan fingerprint density at radius 1 is 1.10 bits per heavy atom. The zero-order chi connectivity index (χ0) is 27.9. The first kappa shape index (κ1) is 26.6. The second-order valence-corrected chi connectivity index (χ2v) is 10.2. The van der Waals surface area contributed by atoms with E-state index in [1.54, 1.807) is 19.1 Å². The third kappa shape index (κ3) is 4.83. The van der Waals surface area contributed by atoms with E-state index in [2.05, 4.69) is 41.7 Å². The fraction of sp³-hybridized carbons (Fsp3) is 0.111. The molecular weight excluding hydrogens is 597 g/mol. The Hall–Kier alpha value is -3.96. The monoisotopic (exact) mass is 614 g/mol. The van der Waals surface area contributed by atoms with Gasteiger partial charge in [0, 0.05) is 27.0 Å². The highest BCUT2D eigenvalue weighted by molar-refractivity contribution is 9.10. The Morgan fingerprint density at radius 2 is 1.82 bits per heavy atom. The number of fused-ring (bicyclic) bond motifs is 1. The van der Waals surface area contributed by atoms with Crippen LogP contribution in [0.15, 0.2) is 70.2 Å². The van der Waals surface area contributed by atoms with Crippen LogP contribution >= 0.6 is 27.5 Å². The minimum atomic E-state index is -1.33. The second-order valence-electron chi connectivity index (χ2n) is 8.89. The maximum atomic E-state index is 14.5. The van der Waals surface area contributed by atoms with Crippen molar-refractivity contribution in [1.29, 1.82) is 0 Å². The van der Waals surface area contributed by atoms with Gasteiger partial charge in [-0.25, -0.2) is 18.6 Å². The van der Waals surface area contributed by atoms with Gasteiger partial charge in [-0.2, -0.15) is 15.1 Å². The van der Waals surface area contributed by atoms with E-state index in [1.807, 2.05) is 30.3 Å². The Kier molecular flexibility index (Phi) is 7.04. The summed E-state index contributed by atoms with van der Waals surface area (Å²) in [7, 11) is 0. The molecule has 1 aliphatic rings. The predicted molar refractivity (Wildman–Crippen MR) is 147 cm³/mol. The number of hydrogen-bond donors (Lipinski definition) is 3. The lowest BCUT2D eigenvalue weighted by atomic mass is 9.78. The molecule has 3 aromatic carbocycles. The molecule has 198 valence electrons. The summed E-state index contributed by atoms with van der Waals surface area (Å²) in [6.07, 6.45) is -0.440. The number of hydrogen-bond acceptors (Lipinski definition) is 6. The van der Waals surface area contributed by atoms with Crippen LogP contribution in [0.5, 0.6) is 0 Å². The summed E-state index contributed by atoms with van der Waals surface area (Å²) in [4.78, 5) is 21.7. The van der Waals surface area contributed by atoms with E-state index in [1.165, 1.54) is 6.07 Å². The van der Waals surface area contributed by atoms with Crippen LogP contribution in [-0.2, 0) is 16.6 Å². The first-order chi connectivity index (χ1) is 18.6. The minimum absolute atomic E-state index is 0.0371. The van der Waals surface area contributed by atoms with Crippen molar-refractivity contribution < 1.29 is 18.0 Å². The molecule has 1 aliphatic heterocycles. The van der Waals surface area contributed by atoms with Crippen LogP contribution in [-0.4, -0.2) is 21.6 Å². The first-order valence-electron chi connectivity index (χ1n) is 11.5. The number of amides is 1. The van der Waals surface area contributed by atoms with E-state index < -0.39 is 34.9 Å². The fourth-order valence-electron chi connectivity index (χ4n) is 4.43. The quantitative estimate of drug-likeness (QED) is 0.136. The minimum Gasteiger partial charge on any atom is -0.383 e. The van der Waals surface area contributed by atoms with Crippen LogP contribution in [0.2, 0.25) is 5.02 Å². The number of nitrogens with one attached hydrogen (secondary N) is 2. The van der Waals surface area contributed by atoms with Crippen molar-refractivity contribution in [3.05, 3.63) is 110 Å². The lowest BCUT2D eigenvalue weighted by Gasteiger charge is -2.23. The molecule has 0 aliphatic carbocycles. The molecule has 1 amide bonds. The van der Waals surface area contributed by atoms with Crippen molar-refractivity contribution in [1.82, 2.24) is 9.97 Å². The zero-order valence-corrected chi connectivity index (χ0v) is 22.5. The van der Waals surface area contributed by atoms with E-state index >= 15 is 0 Å². The first-order valence-corrected chi connectivity index (χ1v) is 12.7. The second kappa shape index (κ2) is 10.3. The highest BCUT2D eigenvalue weighted by Gasteiger charge is 2.47. The summed E-state index contributed by atoms with van der Waals surface area (Å²) >= 11 is 9.55. The zero-order valence-electron chi connectivity index (χ0n) is 20.2. The largest absolute Gasteiger partial charge is 0.383 e. The SMILES string of the molecule is CC1(c2ccccc2)C(=O)Nc2nc(N/N=C(\Cc3c(F)ccc(F)c3F)c3cc(Cl)ccc3Br)nc(N)c21. The summed E-state index contributed by atoms with van der Waals surface area (Å²) in [5.41, 5.74) is 8.90. The van der Waals surface area contributed by atoms with Gasteiger partial charge in [-0.1, -0.05) is 57.9 Å². The van der Waals surface area contributed by atoms with Crippen molar-refractivity contribution in [3.63, 3.8) is 0 Å². The lowest BCUT2D eigenvalue weighted by Crippen LogP contribution is -2.32. The number of aromatic nitrogens is 2. The molecule has 0 saturated carbocycles. The fourth-order valence-corrected chi connectivity index (χ4v) is 5.08. The molecule has 0 spiro atoms. The Bertz CT molecular complexity index is 1650. The number of halogens is 5. The molecule has 4 N–H and O–H groups in total. The van der Waals surface area contributed by atoms with E-state index in [4.69, 9.17) is 17.3 Å². The number of carbonyl (C=O) groups is 1. The van der Waals surface area contributed by atoms with Crippen LogP contribution in [0, 0.1) is 17.5 Å². The highest BCUT2D eigenvalue weighted by Crippen LogP contribution is 2.44. The van der Waals surface area contributed by atoms with Crippen LogP contribution in [0.1, 0.15) is 29.2 Å². The van der Waals surface area contributed by atoms with E-state index in [-0.39, 0.29) is 29.2 Å². The third-order valence-corrected chi connectivity index (χ3v) is 7.41. The molecule has 39 heavy (non-hydrogen) atoms. The maximum absolute atomic E-state index is 14.5. The number of nitrogen functional groups attached to an aromatic ring is 1. The smallest absolute Gasteiger partial charge is 0.247 e. The average Bonchev–Trinajstić information content (AvgIpc) is 3.18. The molecule has 1 atom stereocenters. The molecule has 0 radical (unpaired) electrons. The standard InChI is InChI=1S/C27H19BrClF3N6O/c1-27(13-5-3-2-4-6-13)21-23(33)34-26(36-24(21)35-25(27)39)38-37-20(15-11-14(29)7-8-17(15)28)12-16-18(30)9-10-19(31)22(16)32/h2-11H,12H2,1H3,(H4,33,34,35,36,38,39)/b37-20+. The topological polar surface area (TPSA) is 105 Å². The maximum Gasteiger partial charge on any atom is 0.247 e. The number of rotatable bonds is 6. The molecule has 0 saturated heterocycles. The van der Waals surface area contributed by atoms with Gasteiger partial charge in [-0.3, -0.25) is 4.79 Å². The van der Waals surface area contributed by atoms with Crippen molar-refractivity contribution in [3.8, 4) is 0 Å². The number of carbonyl (C=O) groups excluding carboxylic acids is 1. The summed E-state index contributed by atoms with van der Waals surface area (Å²) in [5, 5.41) is 7.36. The predicted octanol–water partition coefficient (Wildman–Crippen LogP) is 6.21. The summed E-state index contributed by atoms with van der Waals surface area (Å²) < 4.78 is 43.4. The van der Waals surface area contributed by atoms with Gasteiger partial charge in [0.2, 0.25) is 11.9 Å². The van der Waals surface area contributed by atoms with Crippen LogP contribution in [0.4, 0.5) is 30.8 Å². The number of hydrazone groups is 1. The molecular formula is C27H19BrClF3N6O. The van der Waals surface area contributed by atoms with Crippen molar-refractivity contribution in [2.75, 3.05) is 16.5 Å². The average molecular weight is 616 g/mol. The summed E-state index contributed by atoms with van der Waals surface area (Å²) in [6, 6.07) is 15.4. The van der Waals surface area contributed by atoms with Gasteiger partial charge in [-0.05, 0) is 42.8 Å². The summed E-state index contributed by atoms with van der Waals surface area (Å²) in [6.45, 7) is 1.73. The van der Waals surface area contributed by atoms with Crippen LogP contribution < -0.4 is 16.5 Å². The molecule has 12 heteroatoms. The normalized spacial score (nSPS) is 16.7. The van der Waals surface area contributed by atoms with E-state index in [0.717, 1.165) is 6.07 Å². The van der Waals surface area contributed by atoms with Crippen molar-refractivity contribution in [2.45, 2.75) is 18.8 Å². The number of anilines is 3. The molecule has 7 nitrogen and oxygen atoms in total. The third-order valence-electron chi connectivity index (χ3n) is 6.49. The molecule has 0 bridgehead atoms. The highest BCUT2D eigenvalue weighted by atomic mass is 79.9. The molecule has 4 aromatic rings. The Balaban J connectivity index is 1.56. The van der Waals surface area contributed by atoms with Gasteiger partial charge < -0.3 is 11.1 Å². The molecule has 2 heterocycles. The van der Waals surface area contributed by atoms with Gasteiger partial charge in [0.15, 0.2) is 11.6 Å².